The summed E-state index contributed by atoms with van der Waals surface area (Å²) in [6, 6.07) is 12.2. The monoisotopic (exact) mass is 387 g/mol. The fourth-order valence-corrected chi connectivity index (χ4v) is 2.33. The highest BCUT2D eigenvalue weighted by Crippen LogP contribution is 2.21. The molecular weight excluding hydrogens is 373 g/mol. The zero-order chi connectivity index (χ0) is 16.9. The van der Waals surface area contributed by atoms with Gasteiger partial charge in [-0.15, -0.1) is 5.10 Å². The van der Waals surface area contributed by atoms with Crippen molar-refractivity contribution in [3.63, 3.8) is 0 Å². The fraction of sp³-hybridized carbons (Fsp3) is 0.118. The van der Waals surface area contributed by atoms with Crippen LogP contribution < -0.4 is 10.6 Å². The summed E-state index contributed by atoms with van der Waals surface area (Å²) in [4.78, 5) is 4.37. The van der Waals surface area contributed by atoms with Crippen LogP contribution in [0.1, 0.15) is 11.1 Å². The number of nitrogens with zero attached hydrogens (tertiary/aromatic N) is 3. The van der Waals surface area contributed by atoms with Gasteiger partial charge in [0.1, 0.15) is 5.82 Å². The van der Waals surface area contributed by atoms with Gasteiger partial charge in [-0.05, 0) is 48.4 Å². The molecule has 2 N–H and O–H groups in total. The van der Waals surface area contributed by atoms with Crippen LogP contribution in [-0.4, -0.2) is 15.2 Å². The minimum Gasteiger partial charge on any atom is -0.365 e. The Morgan fingerprint density at radius 2 is 1.92 bits per heavy atom. The lowest BCUT2D eigenvalue weighted by molar-refractivity contribution is 0.627. The number of hydrogen-bond acceptors (Lipinski definition) is 5. The number of benzene rings is 2. The average Bonchev–Trinajstić information content (AvgIpc) is 2.58. The van der Waals surface area contributed by atoms with Gasteiger partial charge in [0.2, 0.25) is 5.95 Å². The highest BCUT2D eigenvalue weighted by molar-refractivity contribution is 9.10. The van der Waals surface area contributed by atoms with Crippen LogP contribution >= 0.6 is 15.9 Å². The summed E-state index contributed by atoms with van der Waals surface area (Å²) >= 11 is 3.47. The van der Waals surface area contributed by atoms with Crippen molar-refractivity contribution in [1.82, 2.24) is 15.2 Å². The van der Waals surface area contributed by atoms with Crippen molar-refractivity contribution in [2.75, 3.05) is 10.6 Å². The Morgan fingerprint density at radius 1 is 1.12 bits per heavy atom. The minimum atomic E-state index is -0.251. The number of rotatable bonds is 5. The molecule has 122 valence electrons. The number of hydrogen-bond donors (Lipinski definition) is 2. The van der Waals surface area contributed by atoms with E-state index < -0.39 is 0 Å². The van der Waals surface area contributed by atoms with Gasteiger partial charge in [-0.1, -0.05) is 28.1 Å². The van der Waals surface area contributed by atoms with Crippen molar-refractivity contribution in [2.45, 2.75) is 13.5 Å². The minimum absolute atomic E-state index is 0.251. The van der Waals surface area contributed by atoms with E-state index in [1.165, 1.54) is 12.1 Å². The summed E-state index contributed by atoms with van der Waals surface area (Å²) in [5, 5.41) is 14.2. The second-order valence-electron chi connectivity index (χ2n) is 5.23. The molecule has 0 unspecified atom stereocenters. The van der Waals surface area contributed by atoms with E-state index in [-0.39, 0.29) is 5.82 Å². The Kier molecular flexibility index (Phi) is 5.00. The maximum Gasteiger partial charge on any atom is 0.249 e. The first-order valence-corrected chi connectivity index (χ1v) is 8.11. The molecule has 3 aromatic rings. The van der Waals surface area contributed by atoms with Gasteiger partial charge in [0.05, 0.1) is 6.20 Å². The number of aryl methyl sites for hydroxylation is 1. The lowest BCUT2D eigenvalue weighted by Gasteiger charge is -2.09. The van der Waals surface area contributed by atoms with Crippen molar-refractivity contribution in [3.8, 4) is 0 Å². The smallest absolute Gasteiger partial charge is 0.249 e. The molecule has 0 fully saturated rings. The molecule has 7 heteroatoms. The van der Waals surface area contributed by atoms with Crippen LogP contribution in [0.4, 0.5) is 21.8 Å². The van der Waals surface area contributed by atoms with E-state index in [1.54, 1.807) is 18.3 Å². The Labute approximate surface area is 147 Å². The third-order valence-corrected chi connectivity index (χ3v) is 4.25. The molecular formula is C17H15BrFN5. The third kappa shape index (κ3) is 4.26. The van der Waals surface area contributed by atoms with E-state index in [4.69, 9.17) is 0 Å². The first kappa shape index (κ1) is 16.3. The van der Waals surface area contributed by atoms with Gasteiger partial charge in [-0.3, -0.25) is 0 Å². The first-order chi connectivity index (χ1) is 11.6. The molecule has 0 bridgehead atoms. The number of aromatic nitrogens is 3. The van der Waals surface area contributed by atoms with Crippen molar-refractivity contribution in [1.29, 1.82) is 0 Å². The fourth-order valence-electron chi connectivity index (χ4n) is 2.09. The Hall–Kier alpha value is -2.54. The molecule has 1 aromatic heterocycles. The molecule has 0 spiro atoms. The van der Waals surface area contributed by atoms with Crippen LogP contribution in [0, 0.1) is 12.7 Å². The summed E-state index contributed by atoms with van der Waals surface area (Å²) in [7, 11) is 0. The molecule has 3 rings (SSSR count). The van der Waals surface area contributed by atoms with E-state index in [9.17, 15) is 4.39 Å². The molecule has 0 amide bonds. The molecule has 0 saturated carbocycles. The zero-order valence-corrected chi connectivity index (χ0v) is 14.5. The van der Waals surface area contributed by atoms with E-state index >= 15 is 0 Å². The molecule has 24 heavy (non-hydrogen) atoms. The lowest BCUT2D eigenvalue weighted by Crippen LogP contribution is -2.05. The summed E-state index contributed by atoms with van der Waals surface area (Å²) in [5.41, 5.74) is 2.94. The van der Waals surface area contributed by atoms with Crippen molar-refractivity contribution < 1.29 is 4.39 Å². The summed E-state index contributed by atoms with van der Waals surface area (Å²) in [5.74, 6) is 0.741. The van der Waals surface area contributed by atoms with Crippen molar-refractivity contribution >= 4 is 33.4 Å². The van der Waals surface area contributed by atoms with Crippen molar-refractivity contribution in [3.05, 3.63) is 70.1 Å². The maximum absolute atomic E-state index is 12.9. The standard InChI is InChI=1S/C17H15BrFN5/c1-11-8-14(6-7-15(11)18)22-17-23-16(10-21-24-17)20-9-12-2-4-13(19)5-3-12/h2-8,10H,9H2,1H3,(H2,20,22,23,24). The van der Waals surface area contributed by atoms with E-state index in [0.717, 1.165) is 21.3 Å². The third-order valence-electron chi connectivity index (χ3n) is 3.36. The highest BCUT2D eigenvalue weighted by atomic mass is 79.9. The highest BCUT2D eigenvalue weighted by Gasteiger charge is 2.03. The van der Waals surface area contributed by atoms with E-state index in [0.29, 0.717) is 18.3 Å². The first-order valence-electron chi connectivity index (χ1n) is 7.31. The molecule has 0 aliphatic rings. The predicted octanol–water partition coefficient (Wildman–Crippen LogP) is 4.44. The molecule has 0 radical (unpaired) electrons. The number of halogens is 2. The quantitative estimate of drug-likeness (QED) is 0.677. The van der Waals surface area contributed by atoms with Crippen LogP contribution in [0.5, 0.6) is 0 Å². The van der Waals surface area contributed by atoms with E-state index in [1.807, 2.05) is 25.1 Å². The summed E-state index contributed by atoms with van der Waals surface area (Å²) in [6.07, 6.45) is 1.54. The predicted molar refractivity (Wildman–Crippen MR) is 95.7 cm³/mol. The van der Waals surface area contributed by atoms with Crippen LogP contribution in [0.2, 0.25) is 0 Å². The Morgan fingerprint density at radius 3 is 2.67 bits per heavy atom. The number of nitrogens with one attached hydrogen (secondary N) is 2. The van der Waals surface area contributed by atoms with E-state index in [2.05, 4.69) is 41.7 Å². The molecule has 5 nitrogen and oxygen atoms in total. The lowest BCUT2D eigenvalue weighted by atomic mass is 10.2. The Balaban J connectivity index is 1.67. The maximum atomic E-state index is 12.9. The normalized spacial score (nSPS) is 10.5. The van der Waals surface area contributed by atoms with Crippen LogP contribution in [0.15, 0.2) is 53.1 Å². The molecule has 0 aliphatic heterocycles. The topological polar surface area (TPSA) is 62.7 Å². The number of anilines is 3. The van der Waals surface area contributed by atoms with Gasteiger partial charge in [-0.25, -0.2) is 4.39 Å². The summed E-state index contributed by atoms with van der Waals surface area (Å²) < 4.78 is 13.9. The summed E-state index contributed by atoms with van der Waals surface area (Å²) in [6.45, 7) is 2.53. The van der Waals surface area contributed by atoms with Crippen LogP contribution in [0.25, 0.3) is 0 Å². The van der Waals surface area contributed by atoms with Gasteiger partial charge in [0, 0.05) is 16.7 Å². The van der Waals surface area contributed by atoms with Crippen LogP contribution in [0.3, 0.4) is 0 Å². The van der Waals surface area contributed by atoms with Gasteiger partial charge in [-0.2, -0.15) is 10.1 Å². The second-order valence-corrected chi connectivity index (χ2v) is 6.09. The SMILES string of the molecule is Cc1cc(Nc2nncc(NCc3ccc(F)cc3)n2)ccc1Br. The zero-order valence-electron chi connectivity index (χ0n) is 12.9. The van der Waals surface area contributed by atoms with Crippen molar-refractivity contribution in [2.24, 2.45) is 0 Å². The molecule has 0 saturated heterocycles. The largest absolute Gasteiger partial charge is 0.365 e. The molecule has 0 atom stereocenters. The molecule has 1 heterocycles. The van der Waals surface area contributed by atoms with Gasteiger partial charge in [0.25, 0.3) is 0 Å². The average molecular weight is 388 g/mol. The Bertz CT molecular complexity index is 839. The molecule has 2 aromatic carbocycles. The van der Waals surface area contributed by atoms with Gasteiger partial charge in [0.15, 0.2) is 5.82 Å². The molecule has 0 aliphatic carbocycles. The second kappa shape index (κ2) is 7.35. The van der Waals surface area contributed by atoms with Gasteiger partial charge >= 0.3 is 0 Å². The van der Waals surface area contributed by atoms with Crippen LogP contribution in [-0.2, 0) is 6.54 Å². The van der Waals surface area contributed by atoms with Gasteiger partial charge < -0.3 is 10.6 Å².